The minimum Gasteiger partial charge on any atom is -0.311 e. The number of hydrogen-bond donors (Lipinski definition) is 1. The molecule has 0 aliphatic heterocycles. The highest BCUT2D eigenvalue weighted by Gasteiger charge is 2.05. The van der Waals surface area contributed by atoms with Crippen LogP contribution in [0.5, 0.6) is 0 Å². The number of imidazole rings is 1. The summed E-state index contributed by atoms with van der Waals surface area (Å²) in [6.07, 6.45) is 1.59. The van der Waals surface area contributed by atoms with E-state index in [4.69, 9.17) is 11.6 Å². The minimum atomic E-state index is -0.195. The van der Waals surface area contributed by atoms with Crippen LogP contribution in [-0.2, 0) is 0 Å². The fraction of sp³-hybridized carbons (Fsp3) is 0. The zero-order valence-corrected chi connectivity index (χ0v) is 9.34. The van der Waals surface area contributed by atoms with Gasteiger partial charge in [0.15, 0.2) is 0 Å². The number of H-pyrrole nitrogens is 1. The van der Waals surface area contributed by atoms with Crippen molar-refractivity contribution in [2.45, 2.75) is 0 Å². The third kappa shape index (κ3) is 1.63. The Labute approximate surface area is 93.5 Å². The molecule has 1 aromatic heterocycles. The molecule has 0 bridgehead atoms. The van der Waals surface area contributed by atoms with Gasteiger partial charge in [0.05, 0.1) is 5.69 Å². The van der Waals surface area contributed by atoms with Crippen molar-refractivity contribution in [2.24, 2.45) is 0 Å². The molecule has 0 spiro atoms. The van der Waals surface area contributed by atoms with Crippen molar-refractivity contribution in [3.8, 4) is 5.69 Å². The highest BCUT2D eigenvalue weighted by Crippen LogP contribution is 2.17. The summed E-state index contributed by atoms with van der Waals surface area (Å²) >= 11 is 9.09. The van der Waals surface area contributed by atoms with Gasteiger partial charge < -0.3 is 4.98 Å². The van der Waals surface area contributed by atoms with Gasteiger partial charge in [0.2, 0.25) is 0 Å². The molecule has 3 nitrogen and oxygen atoms in total. The van der Waals surface area contributed by atoms with Crippen LogP contribution in [0.15, 0.2) is 39.9 Å². The van der Waals surface area contributed by atoms with E-state index in [0.29, 0.717) is 9.63 Å². The molecule has 5 heteroatoms. The molecule has 14 heavy (non-hydrogen) atoms. The summed E-state index contributed by atoms with van der Waals surface area (Å²) in [7, 11) is 0. The molecule has 1 aromatic carbocycles. The van der Waals surface area contributed by atoms with Crippen molar-refractivity contribution in [1.29, 1.82) is 0 Å². The molecule has 2 aromatic rings. The molecule has 0 aliphatic carbocycles. The van der Waals surface area contributed by atoms with Crippen LogP contribution in [0, 0.1) is 0 Å². The highest BCUT2D eigenvalue weighted by molar-refractivity contribution is 9.10. The molecule has 0 saturated carbocycles. The van der Waals surface area contributed by atoms with E-state index < -0.39 is 0 Å². The molecule has 0 saturated heterocycles. The third-order valence-electron chi connectivity index (χ3n) is 1.80. The first kappa shape index (κ1) is 9.55. The van der Waals surface area contributed by atoms with Crippen LogP contribution in [0.25, 0.3) is 5.69 Å². The van der Waals surface area contributed by atoms with E-state index in [1.165, 1.54) is 4.57 Å². The highest BCUT2D eigenvalue weighted by atomic mass is 79.9. The Morgan fingerprint density at radius 1 is 1.43 bits per heavy atom. The van der Waals surface area contributed by atoms with Gasteiger partial charge in [0.1, 0.15) is 4.60 Å². The second-order valence-corrected chi connectivity index (χ2v) is 3.98. The SMILES string of the molecule is O=c1[nH]cc(Br)n1-c1cccc(Cl)c1. The molecule has 1 heterocycles. The Morgan fingerprint density at radius 2 is 2.21 bits per heavy atom. The average Bonchev–Trinajstić information content (AvgIpc) is 2.46. The van der Waals surface area contributed by atoms with Gasteiger partial charge in [-0.3, -0.25) is 4.57 Å². The third-order valence-corrected chi connectivity index (χ3v) is 2.62. The lowest BCUT2D eigenvalue weighted by molar-refractivity contribution is 0.968. The van der Waals surface area contributed by atoms with E-state index in [2.05, 4.69) is 20.9 Å². The van der Waals surface area contributed by atoms with Crippen molar-refractivity contribution in [2.75, 3.05) is 0 Å². The Balaban J connectivity index is 2.66. The number of benzene rings is 1. The van der Waals surface area contributed by atoms with Crippen LogP contribution in [0.3, 0.4) is 0 Å². The zero-order chi connectivity index (χ0) is 10.1. The normalized spacial score (nSPS) is 10.4. The summed E-state index contributed by atoms with van der Waals surface area (Å²) in [4.78, 5) is 14.0. The molecule has 0 atom stereocenters. The van der Waals surface area contributed by atoms with Crippen molar-refractivity contribution in [1.82, 2.24) is 9.55 Å². The number of nitrogens with one attached hydrogen (secondary N) is 1. The van der Waals surface area contributed by atoms with E-state index in [1.54, 1.807) is 24.4 Å². The molecule has 0 amide bonds. The minimum absolute atomic E-state index is 0.195. The molecular formula is C9H6BrClN2O. The van der Waals surface area contributed by atoms with E-state index in [1.807, 2.05) is 6.07 Å². The topological polar surface area (TPSA) is 37.8 Å². The number of halogens is 2. The molecule has 72 valence electrons. The summed E-state index contributed by atoms with van der Waals surface area (Å²) in [6, 6.07) is 7.09. The maximum absolute atomic E-state index is 11.4. The first-order valence-electron chi connectivity index (χ1n) is 3.90. The van der Waals surface area contributed by atoms with Crippen LogP contribution >= 0.6 is 27.5 Å². The molecule has 2 rings (SSSR count). The van der Waals surface area contributed by atoms with E-state index in [0.717, 1.165) is 5.69 Å². The van der Waals surface area contributed by atoms with E-state index in [-0.39, 0.29) is 5.69 Å². The van der Waals surface area contributed by atoms with Crippen molar-refractivity contribution < 1.29 is 0 Å². The quantitative estimate of drug-likeness (QED) is 0.852. The average molecular weight is 274 g/mol. The Morgan fingerprint density at radius 3 is 2.79 bits per heavy atom. The number of hydrogen-bond acceptors (Lipinski definition) is 1. The van der Waals surface area contributed by atoms with E-state index in [9.17, 15) is 4.79 Å². The molecule has 0 radical (unpaired) electrons. The van der Waals surface area contributed by atoms with Crippen LogP contribution in [0.4, 0.5) is 0 Å². The summed E-state index contributed by atoms with van der Waals surface area (Å²) in [5.41, 5.74) is 0.537. The van der Waals surface area contributed by atoms with Gasteiger partial charge in [-0.2, -0.15) is 0 Å². The Hall–Kier alpha value is -1.00. The van der Waals surface area contributed by atoms with Crippen molar-refractivity contribution >= 4 is 27.5 Å². The number of aromatic nitrogens is 2. The summed E-state index contributed by atoms with van der Waals surface area (Å²) in [5.74, 6) is 0. The second-order valence-electron chi connectivity index (χ2n) is 2.73. The van der Waals surface area contributed by atoms with Crippen LogP contribution in [0.1, 0.15) is 0 Å². The van der Waals surface area contributed by atoms with E-state index >= 15 is 0 Å². The van der Waals surface area contributed by atoms with Gasteiger partial charge in [0, 0.05) is 11.2 Å². The smallest absolute Gasteiger partial charge is 0.311 e. The number of nitrogens with zero attached hydrogens (tertiary/aromatic N) is 1. The maximum atomic E-state index is 11.4. The molecule has 0 fully saturated rings. The lowest BCUT2D eigenvalue weighted by Gasteiger charge is -2.02. The van der Waals surface area contributed by atoms with Gasteiger partial charge in [-0.05, 0) is 34.1 Å². The largest absolute Gasteiger partial charge is 0.331 e. The lowest BCUT2D eigenvalue weighted by Crippen LogP contribution is -2.14. The number of aromatic amines is 1. The Bertz CT molecular complexity index is 518. The summed E-state index contributed by atoms with van der Waals surface area (Å²) in [5, 5.41) is 0.600. The summed E-state index contributed by atoms with van der Waals surface area (Å²) < 4.78 is 2.16. The van der Waals surface area contributed by atoms with Crippen LogP contribution in [0.2, 0.25) is 5.02 Å². The lowest BCUT2D eigenvalue weighted by atomic mass is 10.3. The predicted octanol–water partition coefficient (Wildman–Crippen LogP) is 2.58. The zero-order valence-electron chi connectivity index (χ0n) is 7.00. The maximum Gasteiger partial charge on any atom is 0.331 e. The summed E-state index contributed by atoms with van der Waals surface area (Å²) in [6.45, 7) is 0. The standard InChI is InChI=1S/C9H6BrClN2O/c10-8-5-12-9(14)13(8)7-3-1-2-6(11)4-7/h1-5H,(H,12,14). The molecular weight excluding hydrogens is 267 g/mol. The van der Waals surface area contributed by atoms with Crippen molar-refractivity contribution in [3.63, 3.8) is 0 Å². The predicted molar refractivity (Wildman–Crippen MR) is 59.1 cm³/mol. The van der Waals surface area contributed by atoms with Gasteiger partial charge >= 0.3 is 5.69 Å². The Kier molecular flexibility index (Phi) is 2.48. The van der Waals surface area contributed by atoms with Crippen LogP contribution < -0.4 is 5.69 Å². The van der Waals surface area contributed by atoms with Gasteiger partial charge in [0.25, 0.3) is 0 Å². The first-order valence-corrected chi connectivity index (χ1v) is 5.07. The number of rotatable bonds is 1. The van der Waals surface area contributed by atoms with Gasteiger partial charge in [-0.15, -0.1) is 0 Å². The van der Waals surface area contributed by atoms with Gasteiger partial charge in [-0.1, -0.05) is 17.7 Å². The fourth-order valence-corrected chi connectivity index (χ4v) is 1.87. The second kappa shape index (κ2) is 3.63. The molecule has 1 N–H and O–H groups in total. The monoisotopic (exact) mass is 272 g/mol. The van der Waals surface area contributed by atoms with Gasteiger partial charge in [-0.25, -0.2) is 4.79 Å². The fourth-order valence-electron chi connectivity index (χ4n) is 1.20. The molecule has 0 unspecified atom stereocenters. The van der Waals surface area contributed by atoms with Crippen LogP contribution in [-0.4, -0.2) is 9.55 Å². The molecule has 0 aliphatic rings. The first-order chi connectivity index (χ1) is 6.68. The van der Waals surface area contributed by atoms with Crippen molar-refractivity contribution in [3.05, 3.63) is 50.6 Å².